The van der Waals surface area contributed by atoms with Crippen LogP contribution in [-0.2, 0) is 11.3 Å². The van der Waals surface area contributed by atoms with Crippen molar-refractivity contribution >= 4 is 23.2 Å². The molecular formula is C12H14ClN5O. The lowest BCUT2D eigenvalue weighted by Gasteiger charge is -2.09. The summed E-state index contributed by atoms with van der Waals surface area (Å²) in [5, 5.41) is 4.57. The van der Waals surface area contributed by atoms with Crippen LogP contribution < -0.4 is 5.73 Å². The highest BCUT2D eigenvalue weighted by atomic mass is 35.5. The Morgan fingerprint density at radius 1 is 1.47 bits per heavy atom. The van der Waals surface area contributed by atoms with Crippen LogP contribution in [0.4, 0.5) is 5.69 Å². The van der Waals surface area contributed by atoms with Crippen LogP contribution in [0.2, 0.25) is 5.02 Å². The smallest absolute Gasteiger partial charge is 0.243 e. The van der Waals surface area contributed by atoms with E-state index < -0.39 is 0 Å². The predicted octanol–water partition coefficient (Wildman–Crippen LogP) is 1.27. The number of hydrogen-bond acceptors (Lipinski definition) is 4. The molecule has 0 radical (unpaired) electrons. The van der Waals surface area contributed by atoms with Crippen LogP contribution in [0.1, 0.15) is 0 Å². The van der Waals surface area contributed by atoms with E-state index in [1.807, 2.05) is 0 Å². The molecule has 2 heterocycles. The van der Waals surface area contributed by atoms with Crippen LogP contribution in [0.25, 0.3) is 11.3 Å². The number of pyridine rings is 1. The van der Waals surface area contributed by atoms with Gasteiger partial charge in [-0.3, -0.25) is 14.5 Å². The second-order valence-corrected chi connectivity index (χ2v) is 4.72. The lowest BCUT2D eigenvalue weighted by Crippen LogP contribution is -2.26. The fourth-order valence-corrected chi connectivity index (χ4v) is 1.80. The zero-order valence-electron chi connectivity index (χ0n) is 10.7. The molecule has 1 amide bonds. The van der Waals surface area contributed by atoms with Gasteiger partial charge >= 0.3 is 0 Å². The van der Waals surface area contributed by atoms with Crippen LogP contribution in [0.3, 0.4) is 0 Å². The number of nitrogens with two attached hydrogens (primary N) is 1. The van der Waals surface area contributed by atoms with Crippen molar-refractivity contribution in [2.75, 3.05) is 19.8 Å². The van der Waals surface area contributed by atoms with Gasteiger partial charge in [0.25, 0.3) is 0 Å². The Kier molecular flexibility index (Phi) is 3.71. The minimum Gasteiger partial charge on any atom is -0.397 e. The zero-order chi connectivity index (χ0) is 14.0. The topological polar surface area (TPSA) is 77.0 Å². The van der Waals surface area contributed by atoms with Crippen molar-refractivity contribution in [2.45, 2.75) is 6.54 Å². The van der Waals surface area contributed by atoms with Crippen molar-refractivity contribution in [3.8, 4) is 11.3 Å². The van der Waals surface area contributed by atoms with Crippen molar-refractivity contribution in [1.29, 1.82) is 0 Å². The first kappa shape index (κ1) is 13.4. The monoisotopic (exact) mass is 279 g/mol. The summed E-state index contributed by atoms with van der Waals surface area (Å²) in [5.74, 6) is -0.0361. The van der Waals surface area contributed by atoms with Crippen LogP contribution in [0.15, 0.2) is 24.7 Å². The molecule has 0 aliphatic carbocycles. The Morgan fingerprint density at radius 2 is 2.21 bits per heavy atom. The number of nitrogens with zero attached hydrogens (tertiary/aromatic N) is 4. The Hall–Kier alpha value is -2.08. The van der Waals surface area contributed by atoms with Crippen molar-refractivity contribution in [1.82, 2.24) is 19.7 Å². The molecule has 7 heteroatoms. The zero-order valence-corrected chi connectivity index (χ0v) is 11.4. The van der Waals surface area contributed by atoms with E-state index in [0.29, 0.717) is 16.4 Å². The molecule has 0 atom stereocenters. The number of amides is 1. The highest BCUT2D eigenvalue weighted by molar-refractivity contribution is 6.33. The SMILES string of the molecule is CN(C)C(=O)Cn1cc(-c2ncc(N)cc2Cl)cn1. The third kappa shape index (κ3) is 3.03. The lowest BCUT2D eigenvalue weighted by atomic mass is 10.2. The van der Waals surface area contributed by atoms with Crippen LogP contribution in [-0.4, -0.2) is 39.7 Å². The molecular weight excluding hydrogens is 266 g/mol. The Labute approximate surface area is 115 Å². The second-order valence-electron chi connectivity index (χ2n) is 4.31. The molecule has 0 saturated heterocycles. The number of likely N-dealkylation sites (N-methyl/N-ethyl adjacent to an activating group) is 1. The summed E-state index contributed by atoms with van der Waals surface area (Å²) in [5.41, 5.74) is 7.44. The molecule has 0 aliphatic heterocycles. The summed E-state index contributed by atoms with van der Waals surface area (Å²) in [6, 6.07) is 1.63. The number of nitrogen functional groups attached to an aromatic ring is 1. The van der Waals surface area contributed by atoms with Gasteiger partial charge < -0.3 is 10.6 Å². The molecule has 6 nitrogen and oxygen atoms in total. The van der Waals surface area contributed by atoms with Gasteiger partial charge in [0.1, 0.15) is 6.54 Å². The molecule has 0 saturated carbocycles. The Bertz CT molecular complexity index is 608. The quantitative estimate of drug-likeness (QED) is 0.918. The van der Waals surface area contributed by atoms with E-state index in [2.05, 4.69) is 10.1 Å². The lowest BCUT2D eigenvalue weighted by molar-refractivity contribution is -0.129. The Morgan fingerprint density at radius 3 is 2.84 bits per heavy atom. The highest BCUT2D eigenvalue weighted by Gasteiger charge is 2.10. The number of halogens is 1. The molecule has 2 aromatic rings. The Balaban J connectivity index is 2.23. The van der Waals surface area contributed by atoms with Gasteiger partial charge in [0.2, 0.25) is 5.91 Å². The van der Waals surface area contributed by atoms with Crippen molar-refractivity contribution < 1.29 is 4.79 Å². The number of hydrogen-bond donors (Lipinski definition) is 1. The van der Waals surface area contributed by atoms with Gasteiger partial charge in [-0.25, -0.2) is 0 Å². The molecule has 0 spiro atoms. The summed E-state index contributed by atoms with van der Waals surface area (Å²) in [4.78, 5) is 17.3. The average Bonchev–Trinajstić information content (AvgIpc) is 2.77. The van der Waals surface area contributed by atoms with E-state index >= 15 is 0 Å². The summed E-state index contributed by atoms with van der Waals surface area (Å²) in [7, 11) is 3.40. The molecule has 2 N–H and O–H groups in total. The highest BCUT2D eigenvalue weighted by Crippen LogP contribution is 2.26. The fraction of sp³-hybridized carbons (Fsp3) is 0.250. The normalized spacial score (nSPS) is 10.5. The fourth-order valence-electron chi connectivity index (χ4n) is 1.52. The molecule has 2 aromatic heterocycles. The van der Waals surface area contributed by atoms with E-state index in [4.69, 9.17) is 17.3 Å². The maximum atomic E-state index is 11.6. The van der Waals surface area contributed by atoms with Crippen molar-refractivity contribution in [3.05, 3.63) is 29.7 Å². The third-order valence-electron chi connectivity index (χ3n) is 2.57. The molecule has 0 aromatic carbocycles. The molecule has 0 bridgehead atoms. The number of rotatable bonds is 3. The summed E-state index contributed by atoms with van der Waals surface area (Å²) in [6.45, 7) is 0.180. The minimum atomic E-state index is -0.0361. The summed E-state index contributed by atoms with van der Waals surface area (Å²) in [6.07, 6.45) is 4.88. The first-order valence-corrected chi connectivity index (χ1v) is 5.99. The van der Waals surface area contributed by atoms with Gasteiger partial charge in [0, 0.05) is 25.9 Å². The van der Waals surface area contributed by atoms with Gasteiger partial charge in [-0.2, -0.15) is 5.10 Å². The van der Waals surface area contributed by atoms with Gasteiger partial charge in [-0.1, -0.05) is 11.6 Å². The molecule has 0 unspecified atom stereocenters. The first-order chi connectivity index (χ1) is 8.97. The molecule has 0 aliphatic rings. The van der Waals surface area contributed by atoms with Gasteiger partial charge in [0.15, 0.2) is 0 Å². The maximum absolute atomic E-state index is 11.6. The first-order valence-electron chi connectivity index (χ1n) is 5.61. The van der Waals surface area contributed by atoms with Crippen LogP contribution in [0.5, 0.6) is 0 Å². The number of carbonyl (C=O) groups is 1. The standard InChI is InChI=1S/C12H14ClN5O/c1-17(2)11(19)7-18-6-8(4-16-18)12-10(13)3-9(14)5-15-12/h3-6H,7,14H2,1-2H3. The van der Waals surface area contributed by atoms with Crippen LogP contribution >= 0.6 is 11.6 Å². The number of anilines is 1. The van der Waals surface area contributed by atoms with E-state index in [1.54, 1.807) is 37.2 Å². The summed E-state index contributed by atoms with van der Waals surface area (Å²) < 4.78 is 1.55. The maximum Gasteiger partial charge on any atom is 0.243 e. The van der Waals surface area contributed by atoms with E-state index in [9.17, 15) is 4.79 Å². The molecule has 100 valence electrons. The van der Waals surface area contributed by atoms with E-state index in [1.165, 1.54) is 11.1 Å². The van der Waals surface area contributed by atoms with Gasteiger partial charge in [0.05, 0.1) is 28.8 Å². The average molecular weight is 280 g/mol. The number of aromatic nitrogens is 3. The third-order valence-corrected chi connectivity index (χ3v) is 2.85. The molecule has 19 heavy (non-hydrogen) atoms. The predicted molar refractivity (Wildman–Crippen MR) is 73.6 cm³/mol. The van der Waals surface area contributed by atoms with Gasteiger partial charge in [-0.15, -0.1) is 0 Å². The largest absolute Gasteiger partial charge is 0.397 e. The van der Waals surface area contributed by atoms with Crippen molar-refractivity contribution in [3.63, 3.8) is 0 Å². The number of carbonyl (C=O) groups excluding carboxylic acids is 1. The molecule has 0 fully saturated rings. The van der Waals surface area contributed by atoms with Crippen molar-refractivity contribution in [2.24, 2.45) is 0 Å². The molecule has 2 rings (SSSR count). The summed E-state index contributed by atoms with van der Waals surface area (Å²) >= 11 is 6.07. The van der Waals surface area contributed by atoms with E-state index in [0.717, 1.165) is 5.56 Å². The van der Waals surface area contributed by atoms with Gasteiger partial charge in [-0.05, 0) is 6.07 Å². The van der Waals surface area contributed by atoms with E-state index in [-0.39, 0.29) is 12.5 Å². The van der Waals surface area contributed by atoms with Crippen LogP contribution in [0, 0.1) is 0 Å². The second kappa shape index (κ2) is 5.27. The minimum absolute atomic E-state index is 0.0361.